The van der Waals surface area contributed by atoms with Crippen LogP contribution in [0.1, 0.15) is 34.3 Å². The first-order valence-electron chi connectivity index (χ1n) is 11.0. The van der Waals surface area contributed by atoms with Crippen molar-refractivity contribution in [2.24, 2.45) is 0 Å². The summed E-state index contributed by atoms with van der Waals surface area (Å²) in [4.78, 5) is 28.6. The number of methoxy groups -OCH3 is 1. The van der Waals surface area contributed by atoms with Crippen molar-refractivity contribution in [1.29, 1.82) is 0 Å². The Balaban J connectivity index is 1.47. The molecule has 1 amide bonds. The second kappa shape index (κ2) is 8.57. The summed E-state index contributed by atoms with van der Waals surface area (Å²) in [6, 6.07) is 9.05. The number of carboxylic acids is 1. The van der Waals surface area contributed by atoms with Gasteiger partial charge in [0.15, 0.2) is 11.5 Å². The van der Waals surface area contributed by atoms with Crippen LogP contribution in [0, 0.1) is 0 Å². The number of anilines is 1. The number of fused-ring (bicyclic) bond motifs is 1. The summed E-state index contributed by atoms with van der Waals surface area (Å²) in [5.74, 6) is -2.73. The fourth-order valence-corrected chi connectivity index (χ4v) is 4.25. The third-order valence-corrected chi connectivity index (χ3v) is 6.29. The number of rotatable bonds is 6. The average molecular weight is 536 g/mol. The summed E-state index contributed by atoms with van der Waals surface area (Å²) in [5.41, 5.74) is -2.76. The summed E-state index contributed by atoms with van der Waals surface area (Å²) in [6.07, 6.45) is -7.92. The first-order chi connectivity index (χ1) is 17.8. The Kier molecular flexibility index (Phi) is 5.69. The summed E-state index contributed by atoms with van der Waals surface area (Å²) in [6.45, 7) is 0. The number of nitrogens with one attached hydrogen (secondary N) is 1. The van der Waals surface area contributed by atoms with Crippen LogP contribution in [0.5, 0.6) is 17.2 Å². The molecular weight excluding hydrogens is 519 g/mol. The van der Waals surface area contributed by atoms with Crippen molar-refractivity contribution in [2.75, 3.05) is 12.4 Å². The molecule has 3 aromatic rings. The molecule has 1 saturated carbocycles. The van der Waals surface area contributed by atoms with Crippen LogP contribution in [0.4, 0.5) is 27.8 Å². The number of amides is 1. The van der Waals surface area contributed by atoms with Crippen molar-refractivity contribution in [1.82, 2.24) is 4.98 Å². The van der Waals surface area contributed by atoms with Gasteiger partial charge in [-0.1, -0.05) is 12.1 Å². The third kappa shape index (κ3) is 4.44. The number of hydrogen-bond acceptors (Lipinski definition) is 6. The highest BCUT2D eigenvalue weighted by atomic mass is 19.4. The molecule has 0 unspecified atom stereocenters. The van der Waals surface area contributed by atoms with Crippen molar-refractivity contribution in [2.45, 2.75) is 30.7 Å². The molecule has 2 N–H and O–H groups in total. The molecule has 1 aliphatic carbocycles. The summed E-state index contributed by atoms with van der Waals surface area (Å²) in [7, 11) is 1.17. The number of halogens is 5. The number of carboxylic acid groups (broad SMARTS) is 1. The molecule has 1 aliphatic heterocycles. The highest BCUT2D eigenvalue weighted by Crippen LogP contribution is 2.52. The predicted molar refractivity (Wildman–Crippen MR) is 120 cm³/mol. The lowest BCUT2D eigenvalue weighted by molar-refractivity contribution is -0.286. The molecule has 8 nitrogen and oxygen atoms in total. The molecule has 2 aromatic carbocycles. The Morgan fingerprint density at radius 3 is 2.37 bits per heavy atom. The lowest BCUT2D eigenvalue weighted by atomic mass is 9.94. The maximum atomic E-state index is 13.8. The van der Waals surface area contributed by atoms with Gasteiger partial charge in [0.2, 0.25) is 5.91 Å². The van der Waals surface area contributed by atoms with Gasteiger partial charge in [-0.25, -0.2) is 9.78 Å². The number of carbonyl (C=O) groups is 2. The number of ether oxygens (including phenoxy) is 3. The van der Waals surface area contributed by atoms with Crippen LogP contribution in [0.2, 0.25) is 0 Å². The SMILES string of the molecule is COc1cc(-c2nc(NC(=O)C3(c4ccc5c(c4)OC(F)(F)O5)CC3)ccc2C(F)(F)F)ccc1C(=O)O. The molecule has 1 aromatic heterocycles. The summed E-state index contributed by atoms with van der Waals surface area (Å²) >= 11 is 0. The number of carbonyl (C=O) groups excluding carboxylic acids is 1. The topological polar surface area (TPSA) is 107 Å². The van der Waals surface area contributed by atoms with Crippen LogP contribution in [0.25, 0.3) is 11.3 Å². The quantitative estimate of drug-likeness (QED) is 0.403. The van der Waals surface area contributed by atoms with Gasteiger partial charge < -0.3 is 24.6 Å². The van der Waals surface area contributed by atoms with Crippen LogP contribution in [-0.4, -0.2) is 35.4 Å². The zero-order valence-electron chi connectivity index (χ0n) is 19.4. The largest absolute Gasteiger partial charge is 0.586 e. The van der Waals surface area contributed by atoms with Gasteiger partial charge in [0, 0.05) is 5.56 Å². The normalized spacial score (nSPS) is 16.6. The first kappa shape index (κ1) is 25.2. The Bertz CT molecular complexity index is 1470. The van der Waals surface area contributed by atoms with E-state index in [2.05, 4.69) is 19.8 Å². The van der Waals surface area contributed by atoms with Crippen LogP contribution in [0.3, 0.4) is 0 Å². The van der Waals surface area contributed by atoms with Crippen molar-refractivity contribution >= 4 is 17.7 Å². The minimum atomic E-state index is -4.81. The van der Waals surface area contributed by atoms with Crippen molar-refractivity contribution in [3.63, 3.8) is 0 Å². The molecule has 2 aliphatic rings. The van der Waals surface area contributed by atoms with E-state index in [0.29, 0.717) is 18.4 Å². The lowest BCUT2D eigenvalue weighted by Gasteiger charge is -2.18. The van der Waals surface area contributed by atoms with E-state index in [1.165, 1.54) is 25.3 Å². The monoisotopic (exact) mass is 536 g/mol. The fraction of sp³-hybridized carbons (Fsp3) is 0.240. The zero-order chi connectivity index (χ0) is 27.5. The van der Waals surface area contributed by atoms with Crippen molar-refractivity contribution < 1.29 is 50.9 Å². The van der Waals surface area contributed by atoms with E-state index in [4.69, 9.17) is 4.74 Å². The van der Waals surface area contributed by atoms with Gasteiger partial charge >= 0.3 is 18.4 Å². The van der Waals surface area contributed by atoms with Crippen molar-refractivity contribution in [3.05, 3.63) is 65.2 Å². The number of nitrogens with zero attached hydrogens (tertiary/aromatic N) is 1. The maximum Gasteiger partial charge on any atom is 0.586 e. The molecule has 0 spiro atoms. The minimum Gasteiger partial charge on any atom is -0.496 e. The van der Waals surface area contributed by atoms with Crippen LogP contribution < -0.4 is 19.5 Å². The zero-order valence-corrected chi connectivity index (χ0v) is 19.4. The summed E-state index contributed by atoms with van der Waals surface area (Å²) in [5, 5.41) is 11.8. The van der Waals surface area contributed by atoms with Crippen LogP contribution in [-0.2, 0) is 16.4 Å². The van der Waals surface area contributed by atoms with Crippen LogP contribution >= 0.6 is 0 Å². The molecule has 2 heterocycles. The third-order valence-electron chi connectivity index (χ3n) is 6.29. The maximum absolute atomic E-state index is 13.8. The second-order valence-electron chi connectivity index (χ2n) is 8.68. The van der Waals surface area contributed by atoms with Gasteiger partial charge in [-0.15, -0.1) is 8.78 Å². The van der Waals surface area contributed by atoms with E-state index in [0.717, 1.165) is 30.3 Å². The van der Waals surface area contributed by atoms with E-state index in [-0.39, 0.29) is 34.2 Å². The minimum absolute atomic E-state index is 0.0897. The Hall–Kier alpha value is -4.42. The van der Waals surface area contributed by atoms with E-state index >= 15 is 0 Å². The molecule has 198 valence electrons. The number of hydrogen-bond donors (Lipinski definition) is 2. The number of pyridine rings is 1. The summed E-state index contributed by atoms with van der Waals surface area (Å²) < 4.78 is 81.9. The standard InChI is InChI=1S/C25H17F5N2O6/c1-36-17-10-12(2-4-14(17)21(33)34)20-15(24(26,27)28)5-7-19(31-20)32-22(35)23(8-9-23)13-3-6-16-18(11-13)38-25(29,30)37-16/h2-7,10-11H,8-9H2,1H3,(H,33,34)(H,31,32,35). The lowest BCUT2D eigenvalue weighted by Crippen LogP contribution is -2.28. The molecule has 0 bridgehead atoms. The van der Waals surface area contributed by atoms with Gasteiger partial charge in [-0.2, -0.15) is 13.2 Å². The van der Waals surface area contributed by atoms with Gasteiger partial charge in [-0.3, -0.25) is 4.79 Å². The molecule has 13 heteroatoms. The van der Waals surface area contributed by atoms with Gasteiger partial charge in [0.05, 0.1) is 23.8 Å². The molecule has 5 rings (SSSR count). The van der Waals surface area contributed by atoms with E-state index < -0.39 is 41.0 Å². The molecule has 0 saturated heterocycles. The average Bonchev–Trinajstić information content (AvgIpc) is 3.60. The van der Waals surface area contributed by atoms with Crippen LogP contribution in [0.15, 0.2) is 48.5 Å². The molecule has 0 atom stereocenters. The molecule has 38 heavy (non-hydrogen) atoms. The second-order valence-corrected chi connectivity index (χ2v) is 8.68. The number of aromatic carboxylic acids is 1. The van der Waals surface area contributed by atoms with Crippen molar-refractivity contribution in [3.8, 4) is 28.5 Å². The Morgan fingerprint density at radius 1 is 1.03 bits per heavy atom. The highest BCUT2D eigenvalue weighted by Gasteiger charge is 2.53. The molecular formula is C25H17F5N2O6. The first-order valence-corrected chi connectivity index (χ1v) is 11.0. The molecule has 0 radical (unpaired) electrons. The number of aromatic nitrogens is 1. The Labute approximate surface area is 211 Å². The van der Waals surface area contributed by atoms with Gasteiger partial charge in [0.25, 0.3) is 0 Å². The van der Waals surface area contributed by atoms with E-state index in [9.17, 15) is 36.6 Å². The highest BCUT2D eigenvalue weighted by molar-refractivity contribution is 6.01. The smallest absolute Gasteiger partial charge is 0.496 e. The Morgan fingerprint density at radius 2 is 1.74 bits per heavy atom. The molecule has 1 fully saturated rings. The van der Waals surface area contributed by atoms with Gasteiger partial charge in [-0.05, 0) is 54.8 Å². The predicted octanol–water partition coefficient (Wildman–Crippen LogP) is 5.47. The van der Waals surface area contributed by atoms with E-state index in [1.807, 2.05) is 0 Å². The number of benzene rings is 2. The van der Waals surface area contributed by atoms with Gasteiger partial charge in [0.1, 0.15) is 17.1 Å². The fourth-order valence-electron chi connectivity index (χ4n) is 4.25. The van der Waals surface area contributed by atoms with E-state index in [1.54, 1.807) is 0 Å². The number of alkyl halides is 5.